The number of carbonyl (C=O) groups is 1. The van der Waals surface area contributed by atoms with Crippen molar-refractivity contribution in [2.24, 2.45) is 10.7 Å². The van der Waals surface area contributed by atoms with Gasteiger partial charge in [-0.25, -0.2) is 4.99 Å². The zero-order valence-corrected chi connectivity index (χ0v) is 17.2. The summed E-state index contributed by atoms with van der Waals surface area (Å²) in [7, 11) is 0. The third-order valence-electron chi connectivity index (χ3n) is 4.13. The number of benzene rings is 1. The van der Waals surface area contributed by atoms with Crippen molar-refractivity contribution in [3.8, 4) is 0 Å². The van der Waals surface area contributed by atoms with Crippen molar-refractivity contribution >= 4 is 35.8 Å². The summed E-state index contributed by atoms with van der Waals surface area (Å²) in [6, 6.07) is 7.26. The number of nitrogens with zero attached hydrogens (tertiary/aromatic N) is 1. The second-order valence-corrected chi connectivity index (χ2v) is 6.04. The molecule has 0 fully saturated rings. The van der Waals surface area contributed by atoms with Gasteiger partial charge in [0.2, 0.25) is 5.91 Å². The van der Waals surface area contributed by atoms with Crippen molar-refractivity contribution in [3.63, 3.8) is 0 Å². The Morgan fingerprint density at radius 3 is 2.56 bits per heavy atom. The summed E-state index contributed by atoms with van der Waals surface area (Å²) in [5.74, 6) is 0.421. The molecule has 0 bridgehead atoms. The number of nitrogens with one attached hydrogen (secondary N) is 2. The summed E-state index contributed by atoms with van der Waals surface area (Å²) in [5.41, 5.74) is 8.38. The number of primary amides is 1. The largest absolute Gasteiger partial charge is 0.366 e. The molecule has 4 N–H and O–H groups in total. The van der Waals surface area contributed by atoms with Gasteiger partial charge in [0.1, 0.15) is 0 Å². The molecule has 0 atom stereocenters. The first-order valence-corrected chi connectivity index (χ1v) is 8.78. The van der Waals surface area contributed by atoms with Gasteiger partial charge in [0.05, 0.1) is 6.54 Å². The number of aliphatic imine (C=N–C) groups is 1. The van der Waals surface area contributed by atoms with Crippen molar-refractivity contribution in [1.82, 2.24) is 10.6 Å². The van der Waals surface area contributed by atoms with Crippen molar-refractivity contribution < 1.29 is 4.79 Å². The minimum Gasteiger partial charge on any atom is -0.366 e. The van der Waals surface area contributed by atoms with Gasteiger partial charge in [-0.3, -0.25) is 4.79 Å². The van der Waals surface area contributed by atoms with Crippen molar-refractivity contribution in [2.45, 2.75) is 45.6 Å². The van der Waals surface area contributed by atoms with Crippen LogP contribution in [0.3, 0.4) is 0 Å². The third kappa shape index (κ3) is 7.90. The summed E-state index contributed by atoms with van der Waals surface area (Å²) in [5, 5.41) is 6.66. The van der Waals surface area contributed by atoms with Crippen molar-refractivity contribution in [3.05, 3.63) is 47.0 Å². The summed E-state index contributed by atoms with van der Waals surface area (Å²) in [6.07, 6.45) is 8.58. The summed E-state index contributed by atoms with van der Waals surface area (Å²) < 4.78 is 0. The van der Waals surface area contributed by atoms with E-state index in [1.807, 2.05) is 12.1 Å². The van der Waals surface area contributed by atoms with Gasteiger partial charge in [-0.1, -0.05) is 23.8 Å². The predicted octanol–water partition coefficient (Wildman–Crippen LogP) is 3.35. The number of allylic oxidation sites excluding steroid dienone is 1. The highest BCUT2D eigenvalue weighted by molar-refractivity contribution is 14.0. The fourth-order valence-corrected chi connectivity index (χ4v) is 2.76. The van der Waals surface area contributed by atoms with E-state index in [9.17, 15) is 4.79 Å². The summed E-state index contributed by atoms with van der Waals surface area (Å²) in [6.45, 7) is 4.35. The lowest BCUT2D eigenvalue weighted by molar-refractivity contribution is 0.100. The predicted molar refractivity (Wildman–Crippen MR) is 114 cm³/mol. The first kappa shape index (κ1) is 21.5. The van der Waals surface area contributed by atoms with Gasteiger partial charge in [-0.15, -0.1) is 24.0 Å². The van der Waals surface area contributed by atoms with Crippen LogP contribution in [-0.4, -0.2) is 25.0 Å². The second-order valence-electron chi connectivity index (χ2n) is 6.04. The second kappa shape index (κ2) is 11.9. The molecule has 1 amide bonds. The van der Waals surface area contributed by atoms with Crippen LogP contribution in [0.1, 0.15) is 54.9 Å². The number of hydrogen-bond donors (Lipinski definition) is 3. The molecular formula is C19H29IN4O. The first-order valence-electron chi connectivity index (χ1n) is 8.78. The molecule has 0 aliphatic heterocycles. The topological polar surface area (TPSA) is 79.5 Å². The van der Waals surface area contributed by atoms with Crippen LogP contribution in [0.2, 0.25) is 0 Å². The van der Waals surface area contributed by atoms with E-state index in [0.717, 1.165) is 31.0 Å². The van der Waals surface area contributed by atoms with Gasteiger partial charge in [0, 0.05) is 18.7 Å². The molecule has 0 radical (unpaired) electrons. The molecule has 0 unspecified atom stereocenters. The molecule has 6 heteroatoms. The average Bonchev–Trinajstić information content (AvgIpc) is 2.61. The van der Waals surface area contributed by atoms with E-state index in [4.69, 9.17) is 5.73 Å². The Bertz CT molecular complexity index is 596. The molecule has 0 heterocycles. The lowest BCUT2D eigenvalue weighted by Gasteiger charge is -2.15. The van der Waals surface area contributed by atoms with Gasteiger partial charge < -0.3 is 16.4 Å². The summed E-state index contributed by atoms with van der Waals surface area (Å²) >= 11 is 0. The Balaban J connectivity index is 0.00000312. The molecule has 0 saturated carbocycles. The number of hydrogen-bond acceptors (Lipinski definition) is 2. The van der Waals surface area contributed by atoms with Gasteiger partial charge in [-0.05, 0) is 56.7 Å². The van der Waals surface area contributed by atoms with Crippen molar-refractivity contribution in [1.29, 1.82) is 0 Å². The lowest BCUT2D eigenvalue weighted by Crippen LogP contribution is -2.37. The van der Waals surface area contributed by atoms with E-state index < -0.39 is 5.91 Å². The third-order valence-corrected chi connectivity index (χ3v) is 4.13. The molecule has 2 rings (SSSR count). The number of amides is 1. The van der Waals surface area contributed by atoms with Crippen LogP contribution in [0.4, 0.5) is 0 Å². The molecule has 1 aromatic rings. The number of nitrogens with two attached hydrogens (primary N) is 1. The van der Waals surface area contributed by atoms with Gasteiger partial charge in [-0.2, -0.15) is 0 Å². The summed E-state index contributed by atoms with van der Waals surface area (Å²) in [4.78, 5) is 15.7. The quantitative estimate of drug-likeness (QED) is 0.255. The number of halogens is 1. The first-order chi connectivity index (χ1) is 11.7. The van der Waals surface area contributed by atoms with Crippen LogP contribution in [-0.2, 0) is 6.54 Å². The SMILES string of the molecule is CCNC(=NCc1ccc(C(N)=O)cc1)NCCC1=CCCCC1.I. The van der Waals surface area contributed by atoms with E-state index >= 15 is 0 Å². The van der Waals surface area contributed by atoms with Crippen LogP contribution >= 0.6 is 24.0 Å². The lowest BCUT2D eigenvalue weighted by atomic mass is 9.97. The van der Waals surface area contributed by atoms with E-state index in [0.29, 0.717) is 12.1 Å². The fraction of sp³-hybridized carbons (Fsp3) is 0.474. The van der Waals surface area contributed by atoms with Gasteiger partial charge in [0.25, 0.3) is 0 Å². The van der Waals surface area contributed by atoms with E-state index in [2.05, 4.69) is 28.6 Å². The molecule has 0 saturated heterocycles. The minimum atomic E-state index is -0.405. The molecule has 138 valence electrons. The molecule has 1 aromatic carbocycles. The van der Waals surface area contributed by atoms with E-state index in [1.165, 1.54) is 25.7 Å². The smallest absolute Gasteiger partial charge is 0.248 e. The maximum Gasteiger partial charge on any atom is 0.248 e. The number of carbonyl (C=O) groups excluding carboxylic acids is 1. The van der Waals surface area contributed by atoms with Crippen LogP contribution in [0, 0.1) is 0 Å². The molecule has 0 aromatic heterocycles. The van der Waals surface area contributed by atoms with E-state index in [-0.39, 0.29) is 24.0 Å². The zero-order valence-electron chi connectivity index (χ0n) is 14.9. The zero-order chi connectivity index (χ0) is 17.2. The highest BCUT2D eigenvalue weighted by Crippen LogP contribution is 2.19. The number of guanidine groups is 1. The average molecular weight is 456 g/mol. The monoisotopic (exact) mass is 456 g/mol. The standard InChI is InChI=1S/C19H28N4O.HI/c1-2-21-19(22-13-12-15-6-4-3-5-7-15)23-14-16-8-10-17(11-9-16)18(20)24;/h6,8-11H,2-5,7,12-14H2,1H3,(H2,20,24)(H2,21,22,23);1H. The molecule has 1 aliphatic rings. The highest BCUT2D eigenvalue weighted by Gasteiger charge is 2.04. The van der Waals surface area contributed by atoms with Crippen molar-refractivity contribution in [2.75, 3.05) is 13.1 Å². The molecule has 25 heavy (non-hydrogen) atoms. The van der Waals surface area contributed by atoms with Crippen LogP contribution in [0.15, 0.2) is 40.9 Å². The molecule has 1 aliphatic carbocycles. The van der Waals surface area contributed by atoms with Gasteiger partial charge >= 0.3 is 0 Å². The van der Waals surface area contributed by atoms with E-state index in [1.54, 1.807) is 17.7 Å². The van der Waals surface area contributed by atoms with Gasteiger partial charge in [0.15, 0.2) is 5.96 Å². The van der Waals surface area contributed by atoms with Crippen LogP contribution in [0.25, 0.3) is 0 Å². The Morgan fingerprint density at radius 2 is 1.96 bits per heavy atom. The normalized spacial score (nSPS) is 14.3. The maximum atomic E-state index is 11.1. The highest BCUT2D eigenvalue weighted by atomic mass is 127. The fourth-order valence-electron chi connectivity index (χ4n) is 2.76. The molecular weight excluding hydrogens is 427 g/mol. The minimum absolute atomic E-state index is 0. The number of rotatable bonds is 7. The Kier molecular flexibility index (Phi) is 10.2. The maximum absolute atomic E-state index is 11.1. The van der Waals surface area contributed by atoms with Crippen LogP contribution in [0.5, 0.6) is 0 Å². The Morgan fingerprint density at radius 1 is 1.20 bits per heavy atom. The molecule has 5 nitrogen and oxygen atoms in total. The van der Waals surface area contributed by atoms with Crippen LogP contribution < -0.4 is 16.4 Å². The Labute approximate surface area is 167 Å². The Hall–Kier alpha value is -1.57. The molecule has 0 spiro atoms.